The van der Waals surface area contributed by atoms with Gasteiger partial charge in [-0.15, -0.1) is 0 Å². The lowest BCUT2D eigenvalue weighted by atomic mass is 9.95. The standard InChI is InChI=1S/C24H22N4O2/c29-23(26-18-5-2-1-3-6-18)19-7-4-14-28-22(19)27-21-9-8-17(15-20(21)24(28)30)16-10-12-25-13-11-16/h4,7-15,18H,1-3,5-6H2,(H,26,29). The van der Waals surface area contributed by atoms with Crippen LogP contribution in [0.1, 0.15) is 42.5 Å². The fourth-order valence-electron chi connectivity index (χ4n) is 4.24. The number of benzene rings is 1. The number of hydrogen-bond donors (Lipinski definition) is 1. The molecule has 0 radical (unpaired) electrons. The zero-order valence-corrected chi connectivity index (χ0v) is 16.5. The maximum Gasteiger partial charge on any atom is 0.265 e. The molecule has 1 saturated carbocycles. The van der Waals surface area contributed by atoms with E-state index in [1.165, 1.54) is 10.8 Å². The Morgan fingerprint density at radius 1 is 1.00 bits per heavy atom. The molecule has 5 rings (SSSR count). The molecule has 1 N–H and O–H groups in total. The Kier molecular flexibility index (Phi) is 4.75. The summed E-state index contributed by atoms with van der Waals surface area (Å²) in [5, 5.41) is 3.65. The third-order valence-corrected chi connectivity index (χ3v) is 5.84. The van der Waals surface area contributed by atoms with Gasteiger partial charge in [0.15, 0.2) is 5.65 Å². The van der Waals surface area contributed by atoms with Crippen molar-refractivity contribution < 1.29 is 4.79 Å². The number of hydrogen-bond acceptors (Lipinski definition) is 4. The van der Waals surface area contributed by atoms with Gasteiger partial charge in [-0.3, -0.25) is 19.0 Å². The van der Waals surface area contributed by atoms with Crippen molar-refractivity contribution in [1.29, 1.82) is 0 Å². The minimum absolute atomic E-state index is 0.167. The fourth-order valence-corrected chi connectivity index (χ4v) is 4.24. The molecule has 0 bridgehead atoms. The number of pyridine rings is 2. The van der Waals surface area contributed by atoms with Crippen LogP contribution in [0.3, 0.4) is 0 Å². The highest BCUT2D eigenvalue weighted by Crippen LogP contribution is 2.23. The van der Waals surface area contributed by atoms with Crippen molar-refractivity contribution >= 4 is 22.5 Å². The van der Waals surface area contributed by atoms with E-state index in [0.717, 1.165) is 36.8 Å². The van der Waals surface area contributed by atoms with E-state index in [0.29, 0.717) is 22.1 Å². The largest absolute Gasteiger partial charge is 0.349 e. The van der Waals surface area contributed by atoms with Gasteiger partial charge >= 0.3 is 0 Å². The second-order valence-electron chi connectivity index (χ2n) is 7.81. The number of carbonyl (C=O) groups is 1. The molecule has 0 spiro atoms. The zero-order chi connectivity index (χ0) is 20.5. The van der Waals surface area contributed by atoms with Gasteiger partial charge in [0, 0.05) is 24.6 Å². The van der Waals surface area contributed by atoms with E-state index < -0.39 is 0 Å². The van der Waals surface area contributed by atoms with Gasteiger partial charge in [0.25, 0.3) is 11.5 Å². The van der Waals surface area contributed by atoms with Crippen LogP contribution >= 0.6 is 0 Å². The quantitative estimate of drug-likeness (QED) is 0.530. The van der Waals surface area contributed by atoms with E-state index in [9.17, 15) is 9.59 Å². The van der Waals surface area contributed by atoms with Gasteiger partial charge in [0.1, 0.15) is 0 Å². The Hall–Kier alpha value is -3.54. The minimum atomic E-state index is -0.182. The summed E-state index contributed by atoms with van der Waals surface area (Å²) in [7, 11) is 0. The van der Waals surface area contributed by atoms with Crippen molar-refractivity contribution in [1.82, 2.24) is 19.7 Å². The lowest BCUT2D eigenvalue weighted by Gasteiger charge is -2.23. The number of aromatic nitrogens is 3. The molecule has 0 saturated heterocycles. The van der Waals surface area contributed by atoms with Crippen molar-refractivity contribution in [3.63, 3.8) is 0 Å². The summed E-state index contributed by atoms with van der Waals surface area (Å²) in [4.78, 5) is 34.9. The maximum absolute atomic E-state index is 13.2. The molecule has 6 heteroatoms. The first-order chi connectivity index (χ1) is 14.7. The van der Waals surface area contributed by atoms with E-state index >= 15 is 0 Å². The molecule has 4 aromatic rings. The van der Waals surface area contributed by atoms with Crippen molar-refractivity contribution in [3.05, 3.63) is 77.0 Å². The molecule has 0 unspecified atom stereocenters. The highest BCUT2D eigenvalue weighted by Gasteiger charge is 2.19. The summed E-state index contributed by atoms with van der Waals surface area (Å²) in [6, 6.07) is 13.1. The van der Waals surface area contributed by atoms with E-state index in [-0.39, 0.29) is 17.5 Å². The second-order valence-corrected chi connectivity index (χ2v) is 7.81. The third-order valence-electron chi connectivity index (χ3n) is 5.84. The molecule has 1 aliphatic rings. The molecule has 1 aromatic carbocycles. The van der Waals surface area contributed by atoms with E-state index in [1.807, 2.05) is 30.3 Å². The van der Waals surface area contributed by atoms with Gasteiger partial charge in [-0.05, 0) is 60.4 Å². The van der Waals surface area contributed by atoms with Crippen LogP contribution in [0.5, 0.6) is 0 Å². The summed E-state index contributed by atoms with van der Waals surface area (Å²) in [5.74, 6) is -0.167. The Morgan fingerprint density at radius 3 is 2.60 bits per heavy atom. The lowest BCUT2D eigenvalue weighted by molar-refractivity contribution is 0.0929. The highest BCUT2D eigenvalue weighted by atomic mass is 16.2. The molecule has 30 heavy (non-hydrogen) atoms. The lowest BCUT2D eigenvalue weighted by Crippen LogP contribution is -2.36. The maximum atomic E-state index is 13.2. The summed E-state index contributed by atoms with van der Waals surface area (Å²) in [6.07, 6.45) is 10.6. The summed E-state index contributed by atoms with van der Waals surface area (Å²) in [6.45, 7) is 0. The molecule has 1 aliphatic carbocycles. The average molecular weight is 398 g/mol. The first-order valence-electron chi connectivity index (χ1n) is 10.4. The predicted octanol–water partition coefficient (Wildman–Crippen LogP) is 3.97. The molecular formula is C24H22N4O2. The van der Waals surface area contributed by atoms with Gasteiger partial charge in [0.2, 0.25) is 0 Å². The third kappa shape index (κ3) is 3.34. The van der Waals surface area contributed by atoms with Crippen molar-refractivity contribution in [2.45, 2.75) is 38.1 Å². The molecule has 0 atom stereocenters. The molecule has 3 heterocycles. The number of fused-ring (bicyclic) bond motifs is 2. The van der Waals surface area contributed by atoms with Crippen LogP contribution in [0.25, 0.3) is 27.7 Å². The van der Waals surface area contributed by atoms with Gasteiger partial charge < -0.3 is 5.32 Å². The van der Waals surface area contributed by atoms with Crippen LogP contribution in [0.4, 0.5) is 0 Å². The van der Waals surface area contributed by atoms with Crippen LogP contribution in [-0.4, -0.2) is 26.3 Å². The average Bonchev–Trinajstić information content (AvgIpc) is 2.80. The summed E-state index contributed by atoms with van der Waals surface area (Å²) < 4.78 is 1.47. The van der Waals surface area contributed by atoms with Gasteiger partial charge in [-0.1, -0.05) is 25.3 Å². The van der Waals surface area contributed by atoms with Crippen molar-refractivity contribution in [2.75, 3.05) is 0 Å². The molecular weight excluding hydrogens is 376 g/mol. The summed E-state index contributed by atoms with van der Waals surface area (Å²) in [5.41, 5.74) is 3.13. The van der Waals surface area contributed by atoms with Crippen LogP contribution in [0.2, 0.25) is 0 Å². The Balaban J connectivity index is 1.59. The number of nitrogens with zero attached hydrogens (tertiary/aromatic N) is 3. The Bertz CT molecular complexity index is 1290. The highest BCUT2D eigenvalue weighted by molar-refractivity contribution is 6.00. The van der Waals surface area contributed by atoms with Crippen molar-refractivity contribution in [3.8, 4) is 11.1 Å². The second kappa shape index (κ2) is 7.71. The van der Waals surface area contributed by atoms with E-state index in [2.05, 4.69) is 15.3 Å². The van der Waals surface area contributed by atoms with Crippen LogP contribution < -0.4 is 10.9 Å². The minimum Gasteiger partial charge on any atom is -0.349 e. The van der Waals surface area contributed by atoms with Gasteiger partial charge in [0.05, 0.1) is 16.5 Å². The molecule has 0 aliphatic heterocycles. The van der Waals surface area contributed by atoms with Crippen LogP contribution in [0.15, 0.2) is 65.8 Å². The van der Waals surface area contributed by atoms with E-state index in [4.69, 9.17) is 0 Å². The topological polar surface area (TPSA) is 76.4 Å². The first-order valence-corrected chi connectivity index (χ1v) is 10.4. The number of nitrogens with one attached hydrogen (secondary N) is 1. The van der Waals surface area contributed by atoms with Gasteiger partial charge in [-0.25, -0.2) is 4.98 Å². The molecule has 6 nitrogen and oxygen atoms in total. The normalized spacial score (nSPS) is 14.8. The Morgan fingerprint density at radius 2 is 1.80 bits per heavy atom. The predicted molar refractivity (Wildman–Crippen MR) is 117 cm³/mol. The van der Waals surface area contributed by atoms with Crippen LogP contribution in [-0.2, 0) is 0 Å². The number of amides is 1. The van der Waals surface area contributed by atoms with Crippen LogP contribution in [0, 0.1) is 0 Å². The molecule has 150 valence electrons. The summed E-state index contributed by atoms with van der Waals surface area (Å²) >= 11 is 0. The monoisotopic (exact) mass is 398 g/mol. The fraction of sp³-hybridized carbons (Fsp3) is 0.250. The van der Waals surface area contributed by atoms with Crippen molar-refractivity contribution in [2.24, 2.45) is 0 Å². The zero-order valence-electron chi connectivity index (χ0n) is 16.5. The molecule has 3 aromatic heterocycles. The Labute approximate surface area is 173 Å². The van der Waals surface area contributed by atoms with Gasteiger partial charge in [-0.2, -0.15) is 0 Å². The number of carbonyl (C=O) groups excluding carboxylic acids is 1. The molecule has 1 fully saturated rings. The smallest absolute Gasteiger partial charge is 0.265 e. The molecule has 1 amide bonds. The first kappa shape index (κ1) is 18.5. The number of rotatable bonds is 3. The SMILES string of the molecule is O=C(NC1CCCCC1)c1cccn2c(=O)c3cc(-c4ccncc4)ccc3nc12. The van der Waals surface area contributed by atoms with E-state index in [1.54, 1.807) is 30.7 Å².